The number of nitrogens with zero attached hydrogens (tertiary/aromatic N) is 1. The van der Waals surface area contributed by atoms with E-state index < -0.39 is 11.5 Å². The number of ether oxygens (including phenoxy) is 2. The van der Waals surface area contributed by atoms with Crippen LogP contribution in [0.15, 0.2) is 36.1 Å². The second-order valence-electron chi connectivity index (χ2n) is 6.38. The molecule has 6 heteroatoms. The van der Waals surface area contributed by atoms with E-state index in [1.54, 1.807) is 38.1 Å². The lowest BCUT2D eigenvalue weighted by atomic mass is 9.97. The Kier molecular flexibility index (Phi) is 6.20. The molecule has 136 valence electrons. The van der Waals surface area contributed by atoms with Crippen LogP contribution in [0.3, 0.4) is 0 Å². The quantitative estimate of drug-likeness (QED) is 0.605. The number of esters is 1. The zero-order chi connectivity index (χ0) is 18.4. The zero-order valence-corrected chi connectivity index (χ0v) is 14.9. The van der Waals surface area contributed by atoms with E-state index in [-0.39, 0.29) is 30.6 Å². The summed E-state index contributed by atoms with van der Waals surface area (Å²) in [5.41, 5.74) is -0.272. The molecule has 0 spiro atoms. The van der Waals surface area contributed by atoms with E-state index in [0.717, 1.165) is 12.8 Å². The molecule has 1 amide bonds. The van der Waals surface area contributed by atoms with Gasteiger partial charge in [-0.05, 0) is 25.8 Å². The lowest BCUT2D eigenvalue weighted by molar-refractivity contribution is -0.166. The van der Waals surface area contributed by atoms with E-state index in [1.807, 2.05) is 13.0 Å². The Morgan fingerprint density at radius 1 is 1.32 bits per heavy atom. The third-order valence-electron chi connectivity index (χ3n) is 4.22. The molecule has 0 atom stereocenters. The minimum absolute atomic E-state index is 0.110. The van der Waals surface area contributed by atoms with Gasteiger partial charge in [0.1, 0.15) is 17.9 Å². The summed E-state index contributed by atoms with van der Waals surface area (Å²) in [6.45, 7) is 5.11. The van der Waals surface area contributed by atoms with Gasteiger partial charge in [-0.15, -0.1) is 0 Å². The summed E-state index contributed by atoms with van der Waals surface area (Å²) < 4.78 is 10.9. The van der Waals surface area contributed by atoms with Crippen molar-refractivity contribution in [1.82, 2.24) is 4.90 Å². The molecule has 1 aromatic rings. The van der Waals surface area contributed by atoms with Crippen molar-refractivity contribution in [2.75, 3.05) is 19.9 Å². The first-order chi connectivity index (χ1) is 11.9. The number of hydrogen-bond donors (Lipinski definition) is 1. The van der Waals surface area contributed by atoms with Gasteiger partial charge in [-0.1, -0.05) is 43.7 Å². The number of hydrogen-bond acceptors (Lipinski definition) is 5. The standard InChI is InChI=1S/C19H25NO5/c1-4-5-11-24-18(23)19(2,3)20-13-25-15(12-21)16(17(20)22)14-9-7-6-8-10-14/h6-10,21H,4-5,11-13H2,1-3H3. The Bertz CT molecular complexity index is 651. The maximum Gasteiger partial charge on any atom is 0.331 e. The third kappa shape index (κ3) is 4.02. The molecule has 1 aromatic carbocycles. The summed E-state index contributed by atoms with van der Waals surface area (Å²) in [4.78, 5) is 26.8. The third-order valence-corrected chi connectivity index (χ3v) is 4.22. The fourth-order valence-corrected chi connectivity index (χ4v) is 2.55. The van der Waals surface area contributed by atoms with Crippen LogP contribution in [0.2, 0.25) is 0 Å². The Morgan fingerprint density at radius 2 is 2.00 bits per heavy atom. The van der Waals surface area contributed by atoms with Crippen LogP contribution >= 0.6 is 0 Å². The molecule has 0 saturated heterocycles. The topological polar surface area (TPSA) is 76.1 Å². The van der Waals surface area contributed by atoms with Gasteiger partial charge in [-0.25, -0.2) is 4.79 Å². The molecule has 1 aliphatic rings. The number of carbonyl (C=O) groups is 2. The van der Waals surface area contributed by atoms with Gasteiger partial charge in [0.05, 0.1) is 12.2 Å². The molecule has 25 heavy (non-hydrogen) atoms. The molecule has 0 bridgehead atoms. The van der Waals surface area contributed by atoms with Gasteiger partial charge in [0.15, 0.2) is 6.73 Å². The van der Waals surface area contributed by atoms with Crippen molar-refractivity contribution in [3.05, 3.63) is 41.7 Å². The number of benzene rings is 1. The highest BCUT2D eigenvalue weighted by atomic mass is 16.5. The lowest BCUT2D eigenvalue weighted by Gasteiger charge is -2.39. The van der Waals surface area contributed by atoms with Crippen molar-refractivity contribution in [1.29, 1.82) is 0 Å². The largest absolute Gasteiger partial charge is 0.474 e. The Labute approximate surface area is 148 Å². The first-order valence-corrected chi connectivity index (χ1v) is 8.44. The van der Waals surface area contributed by atoms with Gasteiger partial charge in [0.25, 0.3) is 5.91 Å². The van der Waals surface area contributed by atoms with Crippen LogP contribution < -0.4 is 0 Å². The molecule has 0 aromatic heterocycles. The molecule has 0 radical (unpaired) electrons. The molecule has 2 rings (SSSR count). The van der Waals surface area contributed by atoms with Crippen LogP contribution in [0, 0.1) is 0 Å². The summed E-state index contributed by atoms with van der Waals surface area (Å²) in [6, 6.07) is 8.97. The average Bonchev–Trinajstić information content (AvgIpc) is 2.61. The summed E-state index contributed by atoms with van der Waals surface area (Å²) in [5.74, 6) is -0.626. The Morgan fingerprint density at radius 3 is 2.60 bits per heavy atom. The normalized spacial score (nSPS) is 15.2. The van der Waals surface area contributed by atoms with E-state index >= 15 is 0 Å². The maximum atomic E-state index is 13.0. The van der Waals surface area contributed by atoms with Crippen LogP contribution in [0.5, 0.6) is 0 Å². The zero-order valence-electron chi connectivity index (χ0n) is 14.9. The van der Waals surface area contributed by atoms with Crippen molar-refractivity contribution in [3.8, 4) is 0 Å². The van der Waals surface area contributed by atoms with Crippen LogP contribution in [-0.2, 0) is 19.1 Å². The Hall–Kier alpha value is -2.34. The van der Waals surface area contributed by atoms with Gasteiger partial charge >= 0.3 is 5.97 Å². The highest BCUT2D eigenvalue weighted by Crippen LogP contribution is 2.31. The summed E-state index contributed by atoms with van der Waals surface area (Å²) in [6.07, 6.45) is 1.69. The smallest absolute Gasteiger partial charge is 0.331 e. The molecular formula is C19H25NO5. The number of amides is 1. The molecule has 0 fully saturated rings. The van der Waals surface area contributed by atoms with E-state index in [2.05, 4.69) is 0 Å². The fourth-order valence-electron chi connectivity index (χ4n) is 2.55. The monoisotopic (exact) mass is 347 g/mol. The van der Waals surface area contributed by atoms with Gasteiger partial charge in [-0.2, -0.15) is 0 Å². The van der Waals surface area contributed by atoms with Crippen molar-refractivity contribution < 1.29 is 24.2 Å². The lowest BCUT2D eigenvalue weighted by Crippen LogP contribution is -2.56. The van der Waals surface area contributed by atoms with Gasteiger partial charge in [0.2, 0.25) is 0 Å². The van der Waals surface area contributed by atoms with Crippen LogP contribution in [-0.4, -0.2) is 47.4 Å². The van der Waals surface area contributed by atoms with Gasteiger partial charge in [0, 0.05) is 0 Å². The highest BCUT2D eigenvalue weighted by Gasteiger charge is 2.43. The minimum Gasteiger partial charge on any atom is -0.474 e. The van der Waals surface area contributed by atoms with Gasteiger partial charge < -0.3 is 14.6 Å². The van der Waals surface area contributed by atoms with Crippen molar-refractivity contribution in [2.45, 2.75) is 39.2 Å². The van der Waals surface area contributed by atoms with Crippen molar-refractivity contribution >= 4 is 17.4 Å². The number of rotatable bonds is 7. The average molecular weight is 347 g/mol. The van der Waals surface area contributed by atoms with Crippen molar-refractivity contribution in [2.24, 2.45) is 0 Å². The van der Waals surface area contributed by atoms with Crippen LogP contribution in [0.25, 0.3) is 5.57 Å². The molecular weight excluding hydrogens is 322 g/mol. The predicted octanol–water partition coefficient (Wildman–Crippen LogP) is 2.33. The van der Waals surface area contributed by atoms with E-state index in [1.165, 1.54) is 4.90 Å². The number of aliphatic hydroxyl groups excluding tert-OH is 1. The summed E-state index contributed by atoms with van der Waals surface area (Å²) >= 11 is 0. The first-order valence-electron chi connectivity index (χ1n) is 8.44. The minimum atomic E-state index is -1.17. The highest BCUT2D eigenvalue weighted by molar-refractivity contribution is 6.21. The summed E-state index contributed by atoms with van der Waals surface area (Å²) in [7, 11) is 0. The number of aliphatic hydroxyl groups is 1. The number of carbonyl (C=O) groups excluding carboxylic acids is 2. The molecule has 1 N–H and O–H groups in total. The molecule has 0 saturated carbocycles. The summed E-state index contributed by atoms with van der Waals surface area (Å²) in [5, 5.41) is 9.54. The number of unbranched alkanes of at least 4 members (excludes halogenated alkanes) is 1. The van der Waals surface area contributed by atoms with Crippen molar-refractivity contribution in [3.63, 3.8) is 0 Å². The molecule has 1 heterocycles. The van der Waals surface area contributed by atoms with Crippen LogP contribution in [0.4, 0.5) is 0 Å². The van der Waals surface area contributed by atoms with E-state index in [4.69, 9.17) is 9.47 Å². The molecule has 0 unspecified atom stereocenters. The molecule has 6 nitrogen and oxygen atoms in total. The molecule has 0 aliphatic carbocycles. The predicted molar refractivity (Wildman–Crippen MR) is 93.2 cm³/mol. The SMILES string of the molecule is CCCCOC(=O)C(C)(C)N1COC(CO)=C(c2ccccc2)C1=O. The van der Waals surface area contributed by atoms with Crippen LogP contribution in [0.1, 0.15) is 39.2 Å². The Balaban J connectivity index is 2.28. The van der Waals surface area contributed by atoms with Gasteiger partial charge in [-0.3, -0.25) is 9.69 Å². The van der Waals surface area contributed by atoms with E-state index in [0.29, 0.717) is 12.2 Å². The van der Waals surface area contributed by atoms with E-state index in [9.17, 15) is 14.7 Å². The molecule has 1 aliphatic heterocycles. The fraction of sp³-hybridized carbons (Fsp3) is 0.474. The second kappa shape index (κ2) is 8.16. The first kappa shape index (κ1) is 19.0. The maximum absolute atomic E-state index is 13.0. The second-order valence-corrected chi connectivity index (χ2v) is 6.38.